The second kappa shape index (κ2) is 8.15. The van der Waals surface area contributed by atoms with Crippen LogP contribution in [-0.2, 0) is 0 Å². The Morgan fingerprint density at radius 1 is 1.00 bits per heavy atom. The minimum atomic E-state index is -0.362. The van der Waals surface area contributed by atoms with Crippen molar-refractivity contribution in [3.63, 3.8) is 0 Å². The molecule has 1 aliphatic rings. The highest BCUT2D eigenvalue weighted by molar-refractivity contribution is 5.92. The molecule has 0 aliphatic heterocycles. The minimum absolute atomic E-state index is 0.312. The minimum Gasteiger partial charge on any atom is -0.366 e. The lowest BCUT2D eigenvalue weighted by atomic mass is 9.80. The molecule has 2 unspecified atom stereocenters. The summed E-state index contributed by atoms with van der Waals surface area (Å²) in [6.45, 7) is 2.27. The third-order valence-corrected chi connectivity index (χ3v) is 6.12. The van der Waals surface area contributed by atoms with Crippen molar-refractivity contribution in [2.24, 2.45) is 5.73 Å². The van der Waals surface area contributed by atoms with Gasteiger partial charge < -0.3 is 11.1 Å². The SMILES string of the molecule is CC(NC1CCC[C@H](c2ccc(C(N)=O)cc2)C1)c1cccc2ccccc12. The van der Waals surface area contributed by atoms with Crippen LogP contribution in [0.1, 0.15) is 66.1 Å². The van der Waals surface area contributed by atoms with Gasteiger partial charge in [0.15, 0.2) is 0 Å². The van der Waals surface area contributed by atoms with E-state index in [9.17, 15) is 4.79 Å². The lowest BCUT2D eigenvalue weighted by Gasteiger charge is -2.32. The summed E-state index contributed by atoms with van der Waals surface area (Å²) in [6.07, 6.45) is 4.77. The first-order valence-corrected chi connectivity index (χ1v) is 10.3. The van der Waals surface area contributed by atoms with Crippen LogP contribution >= 0.6 is 0 Å². The zero-order valence-corrected chi connectivity index (χ0v) is 16.4. The van der Waals surface area contributed by atoms with Gasteiger partial charge in [0.05, 0.1) is 0 Å². The van der Waals surface area contributed by atoms with Crippen LogP contribution in [0.3, 0.4) is 0 Å². The number of benzene rings is 3. The second-order valence-electron chi connectivity index (χ2n) is 8.00. The fourth-order valence-corrected chi connectivity index (χ4v) is 4.63. The lowest BCUT2D eigenvalue weighted by Crippen LogP contribution is -2.35. The van der Waals surface area contributed by atoms with Gasteiger partial charge in [-0.2, -0.15) is 0 Å². The van der Waals surface area contributed by atoms with Crippen LogP contribution in [0.4, 0.5) is 0 Å². The van der Waals surface area contributed by atoms with E-state index in [2.05, 4.69) is 66.8 Å². The van der Waals surface area contributed by atoms with E-state index in [0.29, 0.717) is 23.6 Å². The van der Waals surface area contributed by atoms with Crippen LogP contribution < -0.4 is 11.1 Å². The zero-order chi connectivity index (χ0) is 19.5. The largest absolute Gasteiger partial charge is 0.366 e. The van der Waals surface area contributed by atoms with Crippen molar-refractivity contribution in [3.8, 4) is 0 Å². The van der Waals surface area contributed by atoms with Crippen LogP contribution in [0.15, 0.2) is 66.7 Å². The number of nitrogens with one attached hydrogen (secondary N) is 1. The standard InChI is InChI=1S/C25H28N2O/c1-17(23-11-5-7-19-6-2-3-10-24(19)23)27-22-9-4-8-21(16-22)18-12-14-20(15-13-18)25(26)28/h2-3,5-7,10-15,17,21-22,27H,4,8-9,16H2,1H3,(H2,26,28)/t17?,21-,22?/m0/s1. The van der Waals surface area contributed by atoms with Crippen LogP contribution in [0.25, 0.3) is 10.8 Å². The van der Waals surface area contributed by atoms with E-state index in [1.807, 2.05) is 12.1 Å². The predicted octanol–water partition coefficient (Wildman–Crippen LogP) is 5.32. The maximum absolute atomic E-state index is 11.3. The molecule has 0 bridgehead atoms. The van der Waals surface area contributed by atoms with Gasteiger partial charge in [0.1, 0.15) is 0 Å². The van der Waals surface area contributed by atoms with Gasteiger partial charge in [-0.1, -0.05) is 61.0 Å². The molecule has 3 heteroatoms. The molecule has 1 amide bonds. The molecule has 3 aromatic rings. The van der Waals surface area contributed by atoms with Gasteiger partial charge >= 0.3 is 0 Å². The number of amides is 1. The molecular weight excluding hydrogens is 344 g/mol. The quantitative estimate of drug-likeness (QED) is 0.637. The van der Waals surface area contributed by atoms with Crippen LogP contribution in [-0.4, -0.2) is 11.9 Å². The maximum atomic E-state index is 11.3. The summed E-state index contributed by atoms with van der Waals surface area (Å²) in [5.41, 5.74) is 8.63. The lowest BCUT2D eigenvalue weighted by molar-refractivity contribution is 0.1000. The number of hydrogen-bond donors (Lipinski definition) is 2. The summed E-state index contributed by atoms with van der Waals surface area (Å²) in [4.78, 5) is 11.3. The van der Waals surface area contributed by atoms with Gasteiger partial charge in [-0.05, 0) is 66.1 Å². The first-order chi connectivity index (χ1) is 13.6. The van der Waals surface area contributed by atoms with E-state index >= 15 is 0 Å². The molecule has 3 atom stereocenters. The summed E-state index contributed by atoms with van der Waals surface area (Å²) in [5.74, 6) is 0.173. The zero-order valence-electron chi connectivity index (χ0n) is 16.4. The number of hydrogen-bond acceptors (Lipinski definition) is 2. The fourth-order valence-electron chi connectivity index (χ4n) is 4.63. The first-order valence-electron chi connectivity index (χ1n) is 10.3. The molecule has 0 saturated heterocycles. The van der Waals surface area contributed by atoms with Crippen LogP contribution in [0.5, 0.6) is 0 Å². The summed E-state index contributed by atoms with van der Waals surface area (Å²) in [7, 11) is 0. The first kappa shape index (κ1) is 18.7. The molecule has 3 nitrogen and oxygen atoms in total. The number of carbonyl (C=O) groups excluding carboxylic acids is 1. The maximum Gasteiger partial charge on any atom is 0.248 e. The molecule has 1 aliphatic carbocycles. The number of nitrogens with two attached hydrogens (primary N) is 1. The Labute approximate surface area is 167 Å². The topological polar surface area (TPSA) is 55.1 Å². The summed E-state index contributed by atoms with van der Waals surface area (Å²) in [6, 6.07) is 23.8. The van der Waals surface area contributed by atoms with Crippen molar-refractivity contribution >= 4 is 16.7 Å². The molecule has 0 spiro atoms. The van der Waals surface area contributed by atoms with Crippen molar-refractivity contribution in [1.29, 1.82) is 0 Å². The van der Waals surface area contributed by atoms with E-state index in [1.165, 1.54) is 41.2 Å². The third-order valence-electron chi connectivity index (χ3n) is 6.12. The number of rotatable bonds is 5. The number of primary amides is 1. The molecule has 28 heavy (non-hydrogen) atoms. The second-order valence-corrected chi connectivity index (χ2v) is 8.00. The fraction of sp³-hybridized carbons (Fsp3) is 0.320. The van der Waals surface area contributed by atoms with Gasteiger partial charge in [-0.15, -0.1) is 0 Å². The normalized spacial score (nSPS) is 20.8. The molecule has 144 valence electrons. The Hall–Kier alpha value is -2.65. The highest BCUT2D eigenvalue weighted by Gasteiger charge is 2.25. The van der Waals surface area contributed by atoms with Crippen LogP contribution in [0, 0.1) is 0 Å². The van der Waals surface area contributed by atoms with Crippen molar-refractivity contribution < 1.29 is 4.79 Å². The number of fused-ring (bicyclic) bond motifs is 1. The van der Waals surface area contributed by atoms with Crippen molar-refractivity contribution in [1.82, 2.24) is 5.32 Å². The Bertz CT molecular complexity index is 958. The van der Waals surface area contributed by atoms with E-state index in [1.54, 1.807) is 0 Å². The number of carbonyl (C=O) groups is 1. The summed E-state index contributed by atoms with van der Waals surface area (Å²) in [5, 5.41) is 6.51. The van der Waals surface area contributed by atoms with E-state index in [0.717, 1.165) is 6.42 Å². The van der Waals surface area contributed by atoms with Gasteiger partial charge in [0.25, 0.3) is 0 Å². The smallest absolute Gasteiger partial charge is 0.248 e. The molecule has 3 aromatic carbocycles. The van der Waals surface area contributed by atoms with Crippen molar-refractivity contribution in [2.45, 2.75) is 50.6 Å². The molecular formula is C25H28N2O. The molecule has 0 aromatic heterocycles. The van der Waals surface area contributed by atoms with E-state index in [4.69, 9.17) is 5.73 Å². The average molecular weight is 373 g/mol. The molecule has 1 fully saturated rings. The molecule has 3 N–H and O–H groups in total. The Kier molecular flexibility index (Phi) is 5.45. The predicted molar refractivity (Wildman–Crippen MR) is 115 cm³/mol. The molecule has 0 radical (unpaired) electrons. The Morgan fingerprint density at radius 2 is 1.75 bits per heavy atom. The van der Waals surface area contributed by atoms with Crippen LogP contribution in [0.2, 0.25) is 0 Å². The van der Waals surface area contributed by atoms with E-state index in [-0.39, 0.29) is 5.91 Å². The summed E-state index contributed by atoms with van der Waals surface area (Å²) < 4.78 is 0. The Balaban J connectivity index is 1.46. The highest BCUT2D eigenvalue weighted by atomic mass is 16.1. The van der Waals surface area contributed by atoms with E-state index < -0.39 is 0 Å². The highest BCUT2D eigenvalue weighted by Crippen LogP contribution is 2.34. The molecule has 1 saturated carbocycles. The van der Waals surface area contributed by atoms with Gasteiger partial charge in [-0.3, -0.25) is 4.79 Å². The monoisotopic (exact) mass is 372 g/mol. The Morgan fingerprint density at radius 3 is 2.54 bits per heavy atom. The summed E-state index contributed by atoms with van der Waals surface area (Å²) >= 11 is 0. The van der Waals surface area contributed by atoms with Gasteiger partial charge in [-0.25, -0.2) is 0 Å². The average Bonchev–Trinajstić information content (AvgIpc) is 2.73. The van der Waals surface area contributed by atoms with Crippen molar-refractivity contribution in [2.75, 3.05) is 0 Å². The van der Waals surface area contributed by atoms with Gasteiger partial charge in [0.2, 0.25) is 5.91 Å². The molecule has 4 rings (SSSR count). The third kappa shape index (κ3) is 3.95. The van der Waals surface area contributed by atoms with Crippen molar-refractivity contribution in [3.05, 3.63) is 83.4 Å². The molecule has 0 heterocycles. The van der Waals surface area contributed by atoms with Gasteiger partial charge in [0, 0.05) is 17.6 Å².